The number of hydrogen-bond donors (Lipinski definition) is 1. The molecule has 0 saturated heterocycles. The molecule has 1 atom stereocenters. The molecule has 0 radical (unpaired) electrons. The van der Waals surface area contributed by atoms with Gasteiger partial charge in [-0.05, 0) is 19.1 Å². The fraction of sp³-hybridized carbons (Fsp3) is 0.250. The SMILES string of the molecule is C[C@@H](C#N)CC(=O)NC(=O)c1ccccc1. The Hall–Kier alpha value is -2.15. The lowest BCUT2D eigenvalue weighted by Crippen LogP contribution is -2.31. The van der Waals surface area contributed by atoms with E-state index >= 15 is 0 Å². The second-order valence-electron chi connectivity index (χ2n) is 3.48. The van der Waals surface area contributed by atoms with Crippen molar-refractivity contribution in [3.8, 4) is 6.07 Å². The van der Waals surface area contributed by atoms with Gasteiger partial charge in [0, 0.05) is 12.0 Å². The maximum absolute atomic E-state index is 11.5. The molecule has 0 heterocycles. The van der Waals surface area contributed by atoms with Crippen molar-refractivity contribution in [2.45, 2.75) is 13.3 Å². The second kappa shape index (κ2) is 5.66. The Balaban J connectivity index is 2.53. The molecule has 0 aliphatic heterocycles. The average Bonchev–Trinajstić information content (AvgIpc) is 2.29. The Kier molecular flexibility index (Phi) is 4.22. The van der Waals surface area contributed by atoms with E-state index in [1.165, 1.54) is 0 Å². The highest BCUT2D eigenvalue weighted by Gasteiger charge is 2.12. The van der Waals surface area contributed by atoms with Gasteiger partial charge in [0.05, 0.1) is 12.0 Å². The second-order valence-corrected chi connectivity index (χ2v) is 3.48. The number of amides is 2. The fourth-order valence-electron chi connectivity index (χ4n) is 1.16. The van der Waals surface area contributed by atoms with Gasteiger partial charge >= 0.3 is 0 Å². The third kappa shape index (κ3) is 3.54. The molecule has 0 unspecified atom stereocenters. The predicted molar refractivity (Wildman–Crippen MR) is 58.3 cm³/mol. The Morgan fingerprint density at radius 1 is 1.38 bits per heavy atom. The topological polar surface area (TPSA) is 70.0 Å². The molecule has 0 spiro atoms. The van der Waals surface area contributed by atoms with Gasteiger partial charge in [0.15, 0.2) is 0 Å². The molecule has 16 heavy (non-hydrogen) atoms. The van der Waals surface area contributed by atoms with Gasteiger partial charge in [0.25, 0.3) is 5.91 Å². The van der Waals surface area contributed by atoms with Gasteiger partial charge in [-0.25, -0.2) is 0 Å². The summed E-state index contributed by atoms with van der Waals surface area (Å²) in [5.41, 5.74) is 0.431. The predicted octanol–water partition coefficient (Wildman–Crippen LogP) is 1.49. The van der Waals surface area contributed by atoms with E-state index in [0.29, 0.717) is 5.56 Å². The smallest absolute Gasteiger partial charge is 0.257 e. The third-order valence-corrected chi connectivity index (χ3v) is 2.00. The van der Waals surface area contributed by atoms with E-state index in [9.17, 15) is 9.59 Å². The zero-order chi connectivity index (χ0) is 12.0. The third-order valence-electron chi connectivity index (χ3n) is 2.00. The number of carbonyl (C=O) groups excluding carboxylic acids is 2. The number of rotatable bonds is 3. The van der Waals surface area contributed by atoms with Gasteiger partial charge in [0.2, 0.25) is 5.91 Å². The molecular formula is C12H12N2O2. The number of benzene rings is 1. The van der Waals surface area contributed by atoms with E-state index < -0.39 is 11.8 Å². The van der Waals surface area contributed by atoms with Crippen LogP contribution in [0.15, 0.2) is 30.3 Å². The van der Waals surface area contributed by atoms with Crippen LogP contribution in [0.4, 0.5) is 0 Å². The molecule has 82 valence electrons. The van der Waals surface area contributed by atoms with Crippen LogP contribution >= 0.6 is 0 Å². The minimum absolute atomic E-state index is 0.0368. The molecule has 1 N–H and O–H groups in total. The summed E-state index contributed by atoms with van der Waals surface area (Å²) >= 11 is 0. The van der Waals surface area contributed by atoms with Crippen LogP contribution in [0.5, 0.6) is 0 Å². The Bertz CT molecular complexity index is 420. The van der Waals surface area contributed by atoms with Gasteiger partial charge in [0.1, 0.15) is 0 Å². The van der Waals surface area contributed by atoms with Crippen molar-refractivity contribution in [3.05, 3.63) is 35.9 Å². The molecule has 1 aromatic rings. The Labute approximate surface area is 93.9 Å². The van der Waals surface area contributed by atoms with E-state index in [-0.39, 0.29) is 12.3 Å². The van der Waals surface area contributed by atoms with Crippen molar-refractivity contribution >= 4 is 11.8 Å². The van der Waals surface area contributed by atoms with Crippen LogP contribution < -0.4 is 5.32 Å². The monoisotopic (exact) mass is 216 g/mol. The molecule has 0 aliphatic rings. The van der Waals surface area contributed by atoms with Crippen molar-refractivity contribution in [2.24, 2.45) is 5.92 Å². The molecule has 1 rings (SSSR count). The minimum Gasteiger partial charge on any atom is -0.292 e. The van der Waals surface area contributed by atoms with E-state index in [1.54, 1.807) is 37.3 Å². The number of hydrogen-bond acceptors (Lipinski definition) is 3. The lowest BCUT2D eigenvalue weighted by Gasteiger charge is -2.04. The van der Waals surface area contributed by atoms with Gasteiger partial charge in [-0.15, -0.1) is 0 Å². The summed E-state index contributed by atoms with van der Waals surface area (Å²) in [5, 5.41) is 10.8. The van der Waals surface area contributed by atoms with Crippen LogP contribution in [-0.4, -0.2) is 11.8 Å². The highest BCUT2D eigenvalue weighted by Crippen LogP contribution is 2.01. The summed E-state index contributed by atoms with van der Waals surface area (Å²) in [6.45, 7) is 1.63. The normalized spacial score (nSPS) is 11.2. The van der Waals surface area contributed by atoms with Crippen LogP contribution in [0.25, 0.3) is 0 Å². The van der Waals surface area contributed by atoms with Crippen LogP contribution in [-0.2, 0) is 4.79 Å². The van der Waals surface area contributed by atoms with Crippen LogP contribution in [0.1, 0.15) is 23.7 Å². The summed E-state index contributed by atoms with van der Waals surface area (Å²) in [7, 11) is 0. The number of nitriles is 1. The first-order valence-electron chi connectivity index (χ1n) is 4.92. The van der Waals surface area contributed by atoms with Crippen molar-refractivity contribution < 1.29 is 9.59 Å². The summed E-state index contributed by atoms with van der Waals surface area (Å²) in [4.78, 5) is 22.8. The maximum atomic E-state index is 11.5. The minimum atomic E-state index is -0.435. The molecular weight excluding hydrogens is 204 g/mol. The summed E-state index contributed by atoms with van der Waals surface area (Å²) in [5.74, 6) is -1.25. The summed E-state index contributed by atoms with van der Waals surface area (Å²) < 4.78 is 0. The van der Waals surface area contributed by atoms with Crippen LogP contribution in [0.3, 0.4) is 0 Å². The molecule has 0 saturated carbocycles. The number of nitrogens with one attached hydrogen (secondary N) is 1. The van der Waals surface area contributed by atoms with E-state index in [0.717, 1.165) is 0 Å². The fourth-order valence-corrected chi connectivity index (χ4v) is 1.16. The molecule has 2 amide bonds. The van der Waals surface area contributed by atoms with Crippen molar-refractivity contribution in [1.82, 2.24) is 5.32 Å². The number of carbonyl (C=O) groups is 2. The average molecular weight is 216 g/mol. The molecule has 4 nitrogen and oxygen atoms in total. The first-order valence-corrected chi connectivity index (χ1v) is 4.92. The quantitative estimate of drug-likeness (QED) is 0.832. The molecule has 0 aliphatic carbocycles. The van der Waals surface area contributed by atoms with Gasteiger partial charge in [-0.2, -0.15) is 5.26 Å². The van der Waals surface area contributed by atoms with Crippen LogP contribution in [0.2, 0.25) is 0 Å². The van der Waals surface area contributed by atoms with Crippen molar-refractivity contribution in [3.63, 3.8) is 0 Å². The van der Waals surface area contributed by atoms with Gasteiger partial charge < -0.3 is 0 Å². The molecule has 0 fully saturated rings. The number of nitrogens with zero attached hydrogens (tertiary/aromatic N) is 1. The molecule has 1 aromatic carbocycles. The first-order chi connectivity index (χ1) is 7.63. The van der Waals surface area contributed by atoms with Gasteiger partial charge in [-0.1, -0.05) is 18.2 Å². The van der Waals surface area contributed by atoms with Crippen molar-refractivity contribution in [1.29, 1.82) is 5.26 Å². The summed E-state index contributed by atoms with van der Waals surface area (Å²) in [6, 6.07) is 10.4. The number of imide groups is 1. The molecule has 0 aromatic heterocycles. The Morgan fingerprint density at radius 2 is 2.00 bits per heavy atom. The first kappa shape index (κ1) is 11.9. The molecule has 4 heteroatoms. The highest BCUT2D eigenvalue weighted by atomic mass is 16.2. The van der Waals surface area contributed by atoms with Crippen molar-refractivity contribution in [2.75, 3.05) is 0 Å². The zero-order valence-corrected chi connectivity index (χ0v) is 8.93. The lowest BCUT2D eigenvalue weighted by molar-refractivity contribution is -0.120. The van der Waals surface area contributed by atoms with Gasteiger partial charge in [-0.3, -0.25) is 14.9 Å². The van der Waals surface area contributed by atoms with E-state index in [1.807, 2.05) is 6.07 Å². The summed E-state index contributed by atoms with van der Waals surface area (Å²) in [6.07, 6.45) is 0.0368. The molecule has 0 bridgehead atoms. The Morgan fingerprint density at radius 3 is 2.56 bits per heavy atom. The lowest BCUT2D eigenvalue weighted by atomic mass is 10.1. The standard InChI is InChI=1S/C12H12N2O2/c1-9(8-13)7-11(15)14-12(16)10-5-3-2-4-6-10/h2-6,9H,7H2,1H3,(H,14,15,16)/t9-/m1/s1. The largest absolute Gasteiger partial charge is 0.292 e. The maximum Gasteiger partial charge on any atom is 0.257 e. The highest BCUT2D eigenvalue weighted by molar-refractivity contribution is 6.04. The van der Waals surface area contributed by atoms with E-state index in [2.05, 4.69) is 5.32 Å². The van der Waals surface area contributed by atoms with E-state index in [4.69, 9.17) is 5.26 Å². The zero-order valence-electron chi connectivity index (χ0n) is 8.93. The van der Waals surface area contributed by atoms with Crippen LogP contribution in [0, 0.1) is 17.2 Å².